The van der Waals surface area contributed by atoms with Crippen molar-refractivity contribution < 1.29 is 22.4 Å². The van der Waals surface area contributed by atoms with Crippen molar-refractivity contribution in [1.29, 1.82) is 0 Å². The van der Waals surface area contributed by atoms with Gasteiger partial charge in [0.05, 0.1) is 20.7 Å². The molecule has 0 spiro atoms. The van der Waals surface area contributed by atoms with Gasteiger partial charge in [0, 0.05) is 6.07 Å². The highest BCUT2D eigenvalue weighted by Crippen LogP contribution is 2.33. The van der Waals surface area contributed by atoms with Crippen LogP contribution in [0.2, 0.25) is 0 Å². The van der Waals surface area contributed by atoms with Crippen LogP contribution in [0.4, 0.5) is 11.4 Å². The molecule has 0 fully saturated rings. The van der Waals surface area contributed by atoms with E-state index >= 15 is 0 Å². The van der Waals surface area contributed by atoms with Crippen LogP contribution in [0, 0.1) is 20.2 Å². The highest BCUT2D eigenvalue weighted by Gasteiger charge is 2.34. The van der Waals surface area contributed by atoms with Crippen LogP contribution in [0.15, 0.2) is 18.2 Å². The van der Waals surface area contributed by atoms with E-state index in [0.717, 1.165) is 12.1 Å². The van der Waals surface area contributed by atoms with Gasteiger partial charge in [0.1, 0.15) is 0 Å². The summed E-state index contributed by atoms with van der Waals surface area (Å²) in [7, 11) is -4.11. The molecule has 0 radical (unpaired) electrons. The van der Waals surface area contributed by atoms with Crippen molar-refractivity contribution in [2.75, 3.05) is 0 Å². The molecule has 0 unspecified atom stereocenters. The minimum Gasteiger partial charge on any atom is -0.375 e. The fourth-order valence-corrected chi connectivity index (χ4v) is 1.70. The Hall–Kier alpha value is -2.23. The molecule has 0 saturated heterocycles. The molecule has 0 atom stereocenters. The highest BCUT2D eigenvalue weighted by atomic mass is 32.2. The van der Waals surface area contributed by atoms with Crippen molar-refractivity contribution in [1.82, 2.24) is 0 Å². The molecule has 0 saturated carbocycles. The van der Waals surface area contributed by atoms with Crippen LogP contribution < -0.4 is 4.18 Å². The van der Waals surface area contributed by atoms with Gasteiger partial charge in [-0.15, -0.1) is 0 Å². The zero-order valence-corrected chi connectivity index (χ0v) is 11.7. The third-order valence-corrected chi connectivity index (χ3v) is 4.20. The van der Waals surface area contributed by atoms with E-state index in [0.29, 0.717) is 6.07 Å². The SMILES string of the molecule is CC(C)(C)S(=O)(=O)Oc1ccc([N+](=O)[O-])cc1[N+](=O)[O-]. The normalized spacial score (nSPS) is 11.9. The number of nitro groups is 2. The largest absolute Gasteiger partial charge is 0.375 e. The van der Waals surface area contributed by atoms with E-state index < -0.39 is 41.8 Å². The molecule has 0 heterocycles. The van der Waals surface area contributed by atoms with Crippen molar-refractivity contribution >= 4 is 21.5 Å². The Bertz CT molecular complexity index is 661. The summed E-state index contributed by atoms with van der Waals surface area (Å²) in [4.78, 5) is 19.6. The molecule has 0 N–H and O–H groups in total. The van der Waals surface area contributed by atoms with E-state index in [-0.39, 0.29) is 0 Å². The van der Waals surface area contributed by atoms with Crippen molar-refractivity contribution in [2.45, 2.75) is 25.5 Å². The van der Waals surface area contributed by atoms with Gasteiger partial charge in [-0.1, -0.05) is 0 Å². The molecular weight excluding hydrogens is 292 g/mol. The maximum absolute atomic E-state index is 11.8. The highest BCUT2D eigenvalue weighted by molar-refractivity contribution is 7.88. The lowest BCUT2D eigenvalue weighted by molar-refractivity contribution is -0.394. The molecule has 0 aliphatic heterocycles. The molecule has 9 nitrogen and oxygen atoms in total. The lowest BCUT2D eigenvalue weighted by Gasteiger charge is -2.18. The molecule has 0 bridgehead atoms. The lowest BCUT2D eigenvalue weighted by atomic mass is 10.2. The van der Waals surface area contributed by atoms with Crippen molar-refractivity contribution in [3.8, 4) is 5.75 Å². The molecule has 0 aromatic heterocycles. The number of hydrogen-bond acceptors (Lipinski definition) is 7. The predicted molar refractivity (Wildman–Crippen MR) is 69.1 cm³/mol. The van der Waals surface area contributed by atoms with Crippen molar-refractivity contribution in [3.63, 3.8) is 0 Å². The van der Waals surface area contributed by atoms with Gasteiger partial charge in [-0.3, -0.25) is 20.2 Å². The van der Waals surface area contributed by atoms with Crippen LogP contribution in [-0.4, -0.2) is 23.0 Å². The first kappa shape index (κ1) is 15.8. The first-order valence-corrected chi connectivity index (χ1v) is 6.73. The number of non-ortho nitro benzene ring substituents is 1. The van der Waals surface area contributed by atoms with Crippen LogP contribution in [0.3, 0.4) is 0 Å². The van der Waals surface area contributed by atoms with E-state index in [1.807, 2.05) is 0 Å². The summed E-state index contributed by atoms with van der Waals surface area (Å²) in [5.74, 6) is -0.560. The second-order valence-corrected chi connectivity index (χ2v) is 7.12. The van der Waals surface area contributed by atoms with Crippen LogP contribution in [0.5, 0.6) is 5.75 Å². The van der Waals surface area contributed by atoms with Crippen molar-refractivity contribution in [2.24, 2.45) is 0 Å². The number of hydrogen-bond donors (Lipinski definition) is 0. The van der Waals surface area contributed by atoms with Gasteiger partial charge in [-0.2, -0.15) is 8.42 Å². The summed E-state index contributed by atoms with van der Waals surface area (Å²) in [6, 6.07) is 2.47. The van der Waals surface area contributed by atoms with Crippen LogP contribution in [0.25, 0.3) is 0 Å². The summed E-state index contributed by atoms with van der Waals surface area (Å²) in [5.41, 5.74) is -1.32. The third-order valence-electron chi connectivity index (χ3n) is 2.30. The van der Waals surface area contributed by atoms with E-state index in [2.05, 4.69) is 0 Å². The molecule has 1 rings (SSSR count). The molecular formula is C10H12N2O7S. The molecule has 0 aliphatic carbocycles. The second-order valence-electron chi connectivity index (χ2n) is 4.82. The molecule has 0 amide bonds. The van der Waals surface area contributed by atoms with Crippen LogP contribution >= 0.6 is 0 Å². The fraction of sp³-hybridized carbons (Fsp3) is 0.400. The topological polar surface area (TPSA) is 130 Å². The van der Waals surface area contributed by atoms with Gasteiger partial charge < -0.3 is 4.18 Å². The monoisotopic (exact) mass is 304 g/mol. The fourth-order valence-electron chi connectivity index (χ4n) is 1.08. The second kappa shape index (κ2) is 5.04. The van der Waals surface area contributed by atoms with Gasteiger partial charge in [0.2, 0.25) is 5.75 Å². The van der Waals surface area contributed by atoms with E-state index in [4.69, 9.17) is 4.18 Å². The minimum absolute atomic E-state index is 0.530. The van der Waals surface area contributed by atoms with E-state index in [9.17, 15) is 28.6 Å². The maximum Gasteiger partial charge on any atom is 0.319 e. The van der Waals surface area contributed by atoms with Crippen molar-refractivity contribution in [3.05, 3.63) is 38.4 Å². The lowest BCUT2D eigenvalue weighted by Crippen LogP contribution is -2.32. The summed E-state index contributed by atoms with van der Waals surface area (Å²) in [5, 5.41) is 21.4. The number of rotatable bonds is 4. The number of nitro benzene ring substituents is 2. The Kier molecular flexibility index (Phi) is 3.99. The van der Waals surface area contributed by atoms with Gasteiger partial charge in [0.15, 0.2) is 0 Å². The third kappa shape index (κ3) is 3.20. The first-order valence-electron chi connectivity index (χ1n) is 5.32. The van der Waals surface area contributed by atoms with Gasteiger partial charge in [-0.05, 0) is 26.8 Å². The summed E-state index contributed by atoms with van der Waals surface area (Å²) >= 11 is 0. The maximum atomic E-state index is 11.8. The Morgan fingerprint density at radius 3 is 2.05 bits per heavy atom. The number of benzene rings is 1. The molecule has 0 aliphatic rings. The van der Waals surface area contributed by atoms with E-state index in [1.165, 1.54) is 20.8 Å². The van der Waals surface area contributed by atoms with E-state index in [1.54, 1.807) is 0 Å². The van der Waals surface area contributed by atoms with Crippen LogP contribution in [0.1, 0.15) is 20.8 Å². The molecule has 10 heteroatoms. The van der Waals surface area contributed by atoms with Crippen LogP contribution in [-0.2, 0) is 10.1 Å². The van der Waals surface area contributed by atoms with Gasteiger partial charge in [0.25, 0.3) is 5.69 Å². The Labute approximate surface area is 114 Å². The summed E-state index contributed by atoms with van der Waals surface area (Å²) in [6.45, 7) is 4.08. The quantitative estimate of drug-likeness (QED) is 0.472. The Balaban J connectivity index is 3.34. The van der Waals surface area contributed by atoms with Gasteiger partial charge >= 0.3 is 15.8 Å². The minimum atomic E-state index is -4.11. The number of nitrogens with zero attached hydrogens (tertiary/aromatic N) is 2. The predicted octanol–water partition coefficient (Wildman–Crippen LogP) is 2.01. The standard InChI is InChI=1S/C10H12N2O7S/c1-10(2,3)20(17,18)19-9-5-4-7(11(13)14)6-8(9)12(15)16/h4-6H,1-3H3. The molecule has 20 heavy (non-hydrogen) atoms. The molecule has 110 valence electrons. The zero-order chi connectivity index (χ0) is 15.7. The summed E-state index contributed by atoms with van der Waals surface area (Å²) < 4.78 is 27.1. The van der Waals surface area contributed by atoms with Gasteiger partial charge in [-0.25, -0.2) is 0 Å². The Morgan fingerprint density at radius 1 is 1.10 bits per heavy atom. The molecule has 1 aromatic carbocycles. The average molecular weight is 304 g/mol. The summed E-state index contributed by atoms with van der Waals surface area (Å²) in [6.07, 6.45) is 0. The zero-order valence-electron chi connectivity index (χ0n) is 10.9. The average Bonchev–Trinajstić information content (AvgIpc) is 2.26. The smallest absolute Gasteiger partial charge is 0.319 e. The Morgan fingerprint density at radius 2 is 1.65 bits per heavy atom. The molecule has 1 aromatic rings. The first-order chi connectivity index (χ1) is 8.95.